The predicted octanol–water partition coefficient (Wildman–Crippen LogP) is 3.32. The standard InChI is InChI=1S/C12H17NO2S2/c1-12(2,3)15-10(14)8-7-5-4-6-16-11(7)17-9(8)13/h4-6,13H2,1-3H3. The van der Waals surface area contributed by atoms with Crippen LogP contribution in [0, 0.1) is 0 Å². The smallest absolute Gasteiger partial charge is 0.341 e. The van der Waals surface area contributed by atoms with Crippen LogP contribution in [0.3, 0.4) is 0 Å². The molecule has 94 valence electrons. The number of nitrogens with two attached hydrogens (primary N) is 1. The van der Waals surface area contributed by atoms with Gasteiger partial charge in [0.15, 0.2) is 0 Å². The zero-order valence-corrected chi connectivity index (χ0v) is 12.0. The van der Waals surface area contributed by atoms with Crippen LogP contribution in [0.1, 0.15) is 43.1 Å². The second-order valence-electron chi connectivity index (χ2n) is 5.06. The summed E-state index contributed by atoms with van der Waals surface area (Å²) >= 11 is 3.30. The molecule has 5 heteroatoms. The van der Waals surface area contributed by atoms with Gasteiger partial charge in [0.2, 0.25) is 0 Å². The van der Waals surface area contributed by atoms with Crippen LogP contribution in [0.5, 0.6) is 0 Å². The van der Waals surface area contributed by atoms with Crippen molar-refractivity contribution in [2.45, 2.75) is 43.4 Å². The van der Waals surface area contributed by atoms with Gasteiger partial charge in [-0.2, -0.15) is 0 Å². The minimum atomic E-state index is -0.472. The van der Waals surface area contributed by atoms with E-state index in [0.717, 1.165) is 24.2 Å². The lowest BCUT2D eigenvalue weighted by Crippen LogP contribution is -2.24. The van der Waals surface area contributed by atoms with E-state index in [0.29, 0.717) is 10.6 Å². The van der Waals surface area contributed by atoms with Crippen LogP contribution in [0.15, 0.2) is 4.21 Å². The molecular weight excluding hydrogens is 254 g/mol. The van der Waals surface area contributed by atoms with Crippen molar-refractivity contribution >= 4 is 34.1 Å². The van der Waals surface area contributed by atoms with Crippen LogP contribution >= 0.6 is 23.1 Å². The van der Waals surface area contributed by atoms with Gasteiger partial charge in [-0.25, -0.2) is 4.79 Å². The van der Waals surface area contributed by atoms with Gasteiger partial charge in [0.05, 0.1) is 9.77 Å². The number of hydrogen-bond donors (Lipinski definition) is 1. The Labute approximate surface area is 110 Å². The number of fused-ring (bicyclic) bond motifs is 1. The Kier molecular flexibility index (Phi) is 3.41. The van der Waals surface area contributed by atoms with Gasteiger partial charge in [-0.05, 0) is 44.9 Å². The predicted molar refractivity (Wildman–Crippen MR) is 72.9 cm³/mol. The number of ether oxygens (including phenoxy) is 1. The molecule has 2 heterocycles. The largest absolute Gasteiger partial charge is 0.456 e. The lowest BCUT2D eigenvalue weighted by molar-refractivity contribution is 0.00699. The Morgan fingerprint density at radius 1 is 1.41 bits per heavy atom. The van der Waals surface area contributed by atoms with Gasteiger partial charge >= 0.3 is 5.97 Å². The molecule has 1 aliphatic heterocycles. The maximum absolute atomic E-state index is 12.1. The fourth-order valence-corrected chi connectivity index (χ4v) is 4.22. The van der Waals surface area contributed by atoms with E-state index >= 15 is 0 Å². The lowest BCUT2D eigenvalue weighted by atomic mass is 10.1. The third-order valence-corrected chi connectivity index (χ3v) is 4.87. The van der Waals surface area contributed by atoms with E-state index in [4.69, 9.17) is 10.5 Å². The minimum absolute atomic E-state index is 0.282. The molecule has 0 aliphatic carbocycles. The van der Waals surface area contributed by atoms with Crippen molar-refractivity contribution in [1.82, 2.24) is 0 Å². The van der Waals surface area contributed by atoms with Crippen LogP contribution in [-0.4, -0.2) is 17.3 Å². The maximum Gasteiger partial charge on any atom is 0.341 e. The van der Waals surface area contributed by atoms with Gasteiger partial charge in [-0.3, -0.25) is 0 Å². The summed E-state index contributed by atoms with van der Waals surface area (Å²) in [5.41, 5.74) is 7.17. The molecular formula is C12H17NO2S2. The molecule has 0 saturated heterocycles. The first kappa shape index (κ1) is 12.8. The first-order valence-corrected chi connectivity index (χ1v) is 7.46. The fraction of sp³-hybridized carbons (Fsp3) is 0.583. The average molecular weight is 271 g/mol. The molecule has 1 aliphatic rings. The van der Waals surface area contributed by atoms with Gasteiger partial charge in [-0.15, -0.1) is 23.1 Å². The third-order valence-electron chi connectivity index (χ3n) is 2.40. The summed E-state index contributed by atoms with van der Waals surface area (Å²) in [6.07, 6.45) is 2.04. The second-order valence-corrected chi connectivity index (χ2v) is 7.48. The number of nitrogen functional groups attached to an aromatic ring is 1. The molecule has 0 fully saturated rings. The molecule has 0 bridgehead atoms. The molecule has 3 nitrogen and oxygen atoms in total. The van der Waals surface area contributed by atoms with Gasteiger partial charge in [0, 0.05) is 0 Å². The van der Waals surface area contributed by atoms with Gasteiger partial charge in [-0.1, -0.05) is 0 Å². The molecule has 2 N–H and O–H groups in total. The van der Waals surface area contributed by atoms with Crippen LogP contribution in [0.25, 0.3) is 0 Å². The highest BCUT2D eigenvalue weighted by Gasteiger charge is 2.28. The minimum Gasteiger partial charge on any atom is -0.456 e. The van der Waals surface area contributed by atoms with Crippen molar-refractivity contribution in [3.63, 3.8) is 0 Å². The summed E-state index contributed by atoms with van der Waals surface area (Å²) in [6, 6.07) is 0. The Hall–Kier alpha value is -0.680. The number of anilines is 1. The molecule has 0 radical (unpaired) electrons. The topological polar surface area (TPSA) is 52.3 Å². The van der Waals surface area contributed by atoms with Crippen LogP contribution in [0.2, 0.25) is 0 Å². The summed E-state index contributed by atoms with van der Waals surface area (Å²) in [6.45, 7) is 5.61. The maximum atomic E-state index is 12.1. The highest BCUT2D eigenvalue weighted by molar-refractivity contribution is 8.01. The number of carbonyl (C=O) groups is 1. The Bertz CT molecular complexity index is 446. The average Bonchev–Trinajstić information content (AvgIpc) is 2.50. The van der Waals surface area contributed by atoms with E-state index < -0.39 is 5.60 Å². The van der Waals surface area contributed by atoms with E-state index in [1.54, 1.807) is 11.8 Å². The van der Waals surface area contributed by atoms with E-state index in [1.165, 1.54) is 15.5 Å². The van der Waals surface area contributed by atoms with Gasteiger partial charge in [0.25, 0.3) is 0 Å². The molecule has 1 aromatic rings. The molecule has 0 aromatic carbocycles. The Morgan fingerprint density at radius 3 is 2.76 bits per heavy atom. The Balaban J connectivity index is 2.32. The normalized spacial score (nSPS) is 15.5. The van der Waals surface area contributed by atoms with Crippen molar-refractivity contribution in [3.8, 4) is 0 Å². The fourth-order valence-electron chi connectivity index (χ4n) is 1.77. The zero-order chi connectivity index (χ0) is 12.6. The summed E-state index contributed by atoms with van der Waals surface area (Å²) in [4.78, 5) is 12.1. The molecule has 0 saturated carbocycles. The van der Waals surface area contributed by atoms with Crippen LogP contribution in [0.4, 0.5) is 5.00 Å². The molecule has 17 heavy (non-hydrogen) atoms. The molecule has 1 aromatic heterocycles. The van der Waals surface area contributed by atoms with E-state index in [2.05, 4.69) is 0 Å². The SMILES string of the molecule is CC(C)(C)OC(=O)c1c(N)sc2c1CCCS2. The highest BCUT2D eigenvalue weighted by Crippen LogP contribution is 2.42. The van der Waals surface area contributed by atoms with Crippen molar-refractivity contribution in [2.75, 3.05) is 11.5 Å². The molecule has 0 unspecified atom stereocenters. The van der Waals surface area contributed by atoms with E-state index in [1.807, 2.05) is 20.8 Å². The van der Waals surface area contributed by atoms with Crippen LogP contribution in [-0.2, 0) is 11.2 Å². The monoisotopic (exact) mass is 271 g/mol. The summed E-state index contributed by atoms with van der Waals surface area (Å²) in [7, 11) is 0. The quantitative estimate of drug-likeness (QED) is 0.796. The first-order chi connectivity index (χ1) is 7.88. The number of carbonyl (C=O) groups excluding carboxylic acids is 1. The van der Waals surface area contributed by atoms with E-state index in [-0.39, 0.29) is 5.97 Å². The van der Waals surface area contributed by atoms with Gasteiger partial charge in [0.1, 0.15) is 10.6 Å². The number of thioether (sulfide) groups is 1. The third kappa shape index (κ3) is 2.77. The second kappa shape index (κ2) is 4.53. The molecule has 2 rings (SSSR count). The van der Waals surface area contributed by atoms with Crippen molar-refractivity contribution in [2.24, 2.45) is 0 Å². The molecule has 0 amide bonds. The Morgan fingerprint density at radius 2 is 2.12 bits per heavy atom. The number of esters is 1. The van der Waals surface area contributed by atoms with Crippen molar-refractivity contribution in [3.05, 3.63) is 11.1 Å². The zero-order valence-electron chi connectivity index (χ0n) is 10.3. The molecule has 0 atom stereocenters. The lowest BCUT2D eigenvalue weighted by Gasteiger charge is -2.20. The number of hydrogen-bond acceptors (Lipinski definition) is 5. The van der Waals surface area contributed by atoms with Crippen molar-refractivity contribution in [1.29, 1.82) is 0 Å². The van der Waals surface area contributed by atoms with Crippen LogP contribution < -0.4 is 5.73 Å². The number of thiophene rings is 1. The van der Waals surface area contributed by atoms with E-state index in [9.17, 15) is 4.79 Å². The molecule has 0 spiro atoms. The van der Waals surface area contributed by atoms with Gasteiger partial charge < -0.3 is 10.5 Å². The summed E-state index contributed by atoms with van der Waals surface area (Å²) in [5, 5.41) is 0.596. The summed E-state index contributed by atoms with van der Waals surface area (Å²) in [5.74, 6) is 0.829. The first-order valence-electron chi connectivity index (χ1n) is 5.66. The highest BCUT2D eigenvalue weighted by atomic mass is 32.2. The number of rotatable bonds is 1. The van der Waals surface area contributed by atoms with Crippen molar-refractivity contribution < 1.29 is 9.53 Å². The summed E-state index contributed by atoms with van der Waals surface area (Å²) < 4.78 is 6.60.